The topological polar surface area (TPSA) is 95.9 Å². The number of benzene rings is 2. The predicted molar refractivity (Wildman–Crippen MR) is 149 cm³/mol. The SMILES string of the molecule is O=C1NS(=O)(=O)CCCC[C@H](O)C[C@@H]2CC[C@H]2CN2CCCCc3cc(Cl)ccc3COc3ccc1cc32. The molecule has 0 unspecified atom stereocenters. The highest BCUT2D eigenvalue weighted by molar-refractivity contribution is 7.90. The van der Waals surface area contributed by atoms with Crippen LogP contribution >= 0.6 is 11.6 Å². The molecule has 206 valence electrons. The van der Waals surface area contributed by atoms with E-state index in [9.17, 15) is 18.3 Å². The summed E-state index contributed by atoms with van der Waals surface area (Å²) in [6.45, 7) is 1.99. The van der Waals surface area contributed by atoms with Crippen LogP contribution in [-0.2, 0) is 23.1 Å². The van der Waals surface area contributed by atoms with Gasteiger partial charge in [0.1, 0.15) is 12.4 Å². The quantitative estimate of drug-likeness (QED) is 0.466. The van der Waals surface area contributed by atoms with Gasteiger partial charge in [0.05, 0.1) is 17.5 Å². The highest BCUT2D eigenvalue weighted by Gasteiger charge is 2.34. The van der Waals surface area contributed by atoms with Gasteiger partial charge in [-0.2, -0.15) is 0 Å². The van der Waals surface area contributed by atoms with Gasteiger partial charge < -0.3 is 14.7 Å². The molecule has 9 heteroatoms. The van der Waals surface area contributed by atoms with Gasteiger partial charge in [-0.25, -0.2) is 13.1 Å². The van der Waals surface area contributed by atoms with E-state index in [0.717, 1.165) is 62.9 Å². The molecule has 7 nitrogen and oxygen atoms in total. The molecule has 5 rings (SSSR count). The van der Waals surface area contributed by atoms with Gasteiger partial charge >= 0.3 is 0 Å². The number of amides is 1. The van der Waals surface area contributed by atoms with Gasteiger partial charge in [0.25, 0.3) is 5.91 Å². The van der Waals surface area contributed by atoms with Gasteiger partial charge in [-0.05, 0) is 111 Å². The first-order valence-electron chi connectivity index (χ1n) is 13.8. The van der Waals surface area contributed by atoms with Gasteiger partial charge in [0, 0.05) is 23.7 Å². The Morgan fingerprint density at radius 2 is 1.82 bits per heavy atom. The summed E-state index contributed by atoms with van der Waals surface area (Å²) >= 11 is 6.28. The summed E-state index contributed by atoms with van der Waals surface area (Å²) in [7, 11) is -3.77. The van der Waals surface area contributed by atoms with Crippen LogP contribution in [0.15, 0.2) is 36.4 Å². The van der Waals surface area contributed by atoms with Crippen molar-refractivity contribution in [2.45, 2.75) is 70.5 Å². The zero-order valence-electron chi connectivity index (χ0n) is 21.7. The Labute approximate surface area is 230 Å². The molecule has 2 aromatic rings. The molecular formula is C29H37ClN2O5S. The molecule has 2 bridgehead atoms. The highest BCUT2D eigenvalue weighted by Crippen LogP contribution is 2.41. The summed E-state index contributed by atoms with van der Waals surface area (Å²) in [6, 6.07) is 11.1. The Bertz CT molecular complexity index is 1270. The van der Waals surface area contributed by atoms with Crippen molar-refractivity contribution in [1.82, 2.24) is 4.72 Å². The van der Waals surface area contributed by atoms with E-state index in [-0.39, 0.29) is 5.75 Å². The number of aliphatic hydroxyl groups is 1. The number of carbonyl (C=O) groups excluding carboxylic acids is 1. The summed E-state index contributed by atoms with van der Waals surface area (Å²) < 4.78 is 33.7. The van der Waals surface area contributed by atoms with E-state index in [0.29, 0.717) is 54.0 Å². The number of nitrogens with zero attached hydrogens (tertiary/aromatic N) is 1. The first-order valence-corrected chi connectivity index (χ1v) is 15.8. The molecule has 0 spiro atoms. The lowest BCUT2D eigenvalue weighted by Gasteiger charge is -2.42. The molecule has 1 amide bonds. The van der Waals surface area contributed by atoms with Gasteiger partial charge in [-0.15, -0.1) is 0 Å². The van der Waals surface area contributed by atoms with E-state index in [2.05, 4.69) is 9.62 Å². The van der Waals surface area contributed by atoms with Crippen LogP contribution in [0.1, 0.15) is 72.9 Å². The number of ether oxygens (including phenoxy) is 1. The van der Waals surface area contributed by atoms with Crippen molar-refractivity contribution in [3.63, 3.8) is 0 Å². The number of hydrogen-bond acceptors (Lipinski definition) is 6. The number of anilines is 1. The zero-order valence-corrected chi connectivity index (χ0v) is 23.3. The van der Waals surface area contributed by atoms with Crippen LogP contribution in [0.2, 0.25) is 5.02 Å². The maximum atomic E-state index is 13.0. The van der Waals surface area contributed by atoms with Gasteiger partial charge in [0.15, 0.2) is 0 Å². The molecular weight excluding hydrogens is 524 g/mol. The molecule has 0 radical (unpaired) electrons. The number of hydrogen-bond donors (Lipinski definition) is 2. The summed E-state index contributed by atoms with van der Waals surface area (Å²) in [5.41, 5.74) is 3.39. The molecule has 2 N–H and O–H groups in total. The molecule has 2 aromatic carbocycles. The fourth-order valence-corrected chi connectivity index (χ4v) is 7.22. The van der Waals surface area contributed by atoms with E-state index in [1.165, 1.54) is 5.56 Å². The molecule has 38 heavy (non-hydrogen) atoms. The first kappa shape index (κ1) is 27.3. The monoisotopic (exact) mass is 560 g/mol. The van der Waals surface area contributed by atoms with E-state index in [4.69, 9.17) is 16.3 Å². The molecule has 0 saturated heterocycles. The normalized spacial score (nSPS) is 26.4. The molecule has 2 heterocycles. The van der Waals surface area contributed by atoms with Crippen molar-refractivity contribution in [1.29, 1.82) is 0 Å². The number of rotatable bonds is 0. The first-order chi connectivity index (χ1) is 18.3. The minimum absolute atomic E-state index is 0.138. The van der Waals surface area contributed by atoms with Crippen molar-refractivity contribution < 1.29 is 23.1 Å². The Hall–Kier alpha value is -2.29. The zero-order chi connectivity index (χ0) is 26.7. The minimum atomic E-state index is -3.77. The Kier molecular flexibility index (Phi) is 8.50. The van der Waals surface area contributed by atoms with Crippen LogP contribution < -0.4 is 14.4 Å². The number of sulfonamides is 1. The number of aliphatic hydroxyl groups excluding tert-OH is 1. The Morgan fingerprint density at radius 1 is 0.974 bits per heavy atom. The second-order valence-electron chi connectivity index (χ2n) is 11.0. The predicted octanol–water partition coefficient (Wildman–Crippen LogP) is 5.08. The third kappa shape index (κ3) is 6.64. The number of halogens is 1. The second kappa shape index (κ2) is 11.8. The van der Waals surface area contributed by atoms with Crippen molar-refractivity contribution in [2.24, 2.45) is 11.8 Å². The van der Waals surface area contributed by atoms with Crippen LogP contribution in [0.4, 0.5) is 5.69 Å². The molecule has 1 saturated carbocycles. The molecule has 1 fully saturated rings. The summed E-state index contributed by atoms with van der Waals surface area (Å²) in [5, 5.41) is 11.3. The van der Waals surface area contributed by atoms with Crippen LogP contribution in [0, 0.1) is 11.8 Å². The van der Waals surface area contributed by atoms with Gasteiger partial charge in [-0.1, -0.05) is 17.7 Å². The lowest BCUT2D eigenvalue weighted by Crippen LogP contribution is -2.40. The third-order valence-corrected chi connectivity index (χ3v) is 9.85. The third-order valence-electron chi connectivity index (χ3n) is 8.29. The van der Waals surface area contributed by atoms with Crippen molar-refractivity contribution in [2.75, 3.05) is 23.7 Å². The summed E-state index contributed by atoms with van der Waals surface area (Å²) in [4.78, 5) is 15.3. The Balaban J connectivity index is 1.50. The fourth-order valence-electron chi connectivity index (χ4n) is 5.94. The van der Waals surface area contributed by atoms with Crippen LogP contribution in [0.3, 0.4) is 0 Å². The van der Waals surface area contributed by atoms with Crippen molar-refractivity contribution >= 4 is 33.2 Å². The molecule has 3 aliphatic rings. The number of aryl methyl sites for hydroxylation is 1. The standard InChI is InChI=1S/C29H37ClN2O5S/c30-25-11-9-24-19-37-28-12-10-22-17-27(28)32(13-3-1-5-20(24)15-25)18-23-8-7-21(23)16-26(33)6-2-4-14-38(35,36)31-29(22)34/h9-12,15,17,21,23,26,33H,1-8,13-14,16,18-19H2,(H,31,34)/t21-,23-,26-/m0/s1. The number of fused-ring (bicyclic) bond motifs is 3. The van der Waals surface area contributed by atoms with Gasteiger partial charge in [-0.3, -0.25) is 4.79 Å². The lowest BCUT2D eigenvalue weighted by molar-refractivity contribution is 0.0727. The van der Waals surface area contributed by atoms with Crippen LogP contribution in [0.5, 0.6) is 5.75 Å². The average Bonchev–Trinajstić information content (AvgIpc) is 2.90. The van der Waals surface area contributed by atoms with Gasteiger partial charge in [0.2, 0.25) is 10.0 Å². The van der Waals surface area contributed by atoms with E-state index >= 15 is 0 Å². The summed E-state index contributed by atoms with van der Waals surface area (Å²) in [5.74, 6) is 0.813. The van der Waals surface area contributed by atoms with Crippen molar-refractivity contribution in [3.8, 4) is 5.75 Å². The summed E-state index contributed by atoms with van der Waals surface area (Å²) in [6.07, 6.45) is 7.00. The fraction of sp³-hybridized carbons (Fsp3) is 0.552. The maximum Gasteiger partial charge on any atom is 0.264 e. The molecule has 0 aromatic heterocycles. The minimum Gasteiger partial charge on any atom is -0.487 e. The van der Waals surface area contributed by atoms with E-state index in [1.54, 1.807) is 18.2 Å². The number of carbonyl (C=O) groups is 1. The molecule has 2 aliphatic heterocycles. The maximum absolute atomic E-state index is 13.0. The molecule has 3 atom stereocenters. The highest BCUT2D eigenvalue weighted by atomic mass is 35.5. The second-order valence-corrected chi connectivity index (χ2v) is 13.3. The Morgan fingerprint density at radius 3 is 2.63 bits per heavy atom. The van der Waals surface area contributed by atoms with Crippen LogP contribution in [0.25, 0.3) is 0 Å². The lowest BCUT2D eigenvalue weighted by atomic mass is 9.70. The van der Waals surface area contributed by atoms with Crippen molar-refractivity contribution in [3.05, 3.63) is 58.1 Å². The van der Waals surface area contributed by atoms with E-state index in [1.807, 2.05) is 18.2 Å². The van der Waals surface area contributed by atoms with E-state index < -0.39 is 22.0 Å². The largest absolute Gasteiger partial charge is 0.487 e. The number of nitrogens with one attached hydrogen (secondary N) is 1. The smallest absolute Gasteiger partial charge is 0.264 e. The molecule has 1 aliphatic carbocycles. The van der Waals surface area contributed by atoms with Crippen LogP contribution in [-0.4, -0.2) is 44.4 Å². The average molecular weight is 561 g/mol.